The van der Waals surface area contributed by atoms with Gasteiger partial charge in [0, 0.05) is 31.6 Å². The summed E-state index contributed by atoms with van der Waals surface area (Å²) in [6.45, 7) is 2.57. The highest BCUT2D eigenvalue weighted by Gasteiger charge is 2.26. The van der Waals surface area contributed by atoms with E-state index in [0.717, 1.165) is 11.5 Å². The number of fused-ring (bicyclic) bond motifs is 1. The van der Waals surface area contributed by atoms with Gasteiger partial charge in [0.25, 0.3) is 0 Å². The van der Waals surface area contributed by atoms with E-state index in [9.17, 15) is 13.2 Å². The molecule has 2 aromatic rings. The predicted molar refractivity (Wildman–Crippen MR) is 74.1 cm³/mol. The minimum atomic E-state index is -4.06. The van der Waals surface area contributed by atoms with Crippen molar-refractivity contribution < 1.29 is 13.2 Å². The molecule has 0 saturated heterocycles. The van der Waals surface area contributed by atoms with Gasteiger partial charge in [-0.1, -0.05) is 6.07 Å². The molecule has 4 nitrogen and oxygen atoms in total. The van der Waals surface area contributed by atoms with E-state index in [1.54, 1.807) is 0 Å². The van der Waals surface area contributed by atoms with Crippen molar-refractivity contribution in [3.63, 3.8) is 0 Å². The molecule has 0 aliphatic carbocycles. The fraction of sp³-hybridized carbons (Fsp3) is 0.571. The standard InChI is InChI=1S/C14H19F3N4/c1-11(5-4-8-14(15,16)17)18-9-7-13-20-19-12-6-2-3-10-21(12)13/h2-3,6,10-11,18H,4-5,7-9H2,1H3. The maximum absolute atomic E-state index is 12.1. The molecular formula is C14H19F3N4. The number of hydrogen-bond acceptors (Lipinski definition) is 3. The first-order valence-electron chi connectivity index (χ1n) is 7.04. The summed E-state index contributed by atoms with van der Waals surface area (Å²) in [7, 11) is 0. The highest BCUT2D eigenvalue weighted by molar-refractivity contribution is 5.36. The summed E-state index contributed by atoms with van der Waals surface area (Å²) in [5.74, 6) is 0.848. The first kappa shape index (κ1) is 15.8. The van der Waals surface area contributed by atoms with Crippen LogP contribution in [-0.2, 0) is 6.42 Å². The van der Waals surface area contributed by atoms with E-state index >= 15 is 0 Å². The van der Waals surface area contributed by atoms with Crippen molar-refractivity contribution in [3.8, 4) is 0 Å². The Morgan fingerprint density at radius 3 is 2.86 bits per heavy atom. The van der Waals surface area contributed by atoms with Crippen LogP contribution >= 0.6 is 0 Å². The molecule has 0 bridgehead atoms. The number of halogens is 3. The first-order chi connectivity index (χ1) is 9.96. The Kier molecular flexibility index (Phi) is 5.17. The largest absolute Gasteiger partial charge is 0.389 e. The molecule has 0 spiro atoms. The smallest absolute Gasteiger partial charge is 0.314 e. The van der Waals surface area contributed by atoms with Crippen LogP contribution in [0.4, 0.5) is 13.2 Å². The van der Waals surface area contributed by atoms with Crippen molar-refractivity contribution in [1.29, 1.82) is 0 Å². The summed E-state index contributed by atoms with van der Waals surface area (Å²) >= 11 is 0. The summed E-state index contributed by atoms with van der Waals surface area (Å²) in [6.07, 6.45) is -1.51. The van der Waals surface area contributed by atoms with Crippen LogP contribution in [0.2, 0.25) is 0 Å². The molecule has 21 heavy (non-hydrogen) atoms. The molecule has 0 aliphatic heterocycles. The number of hydrogen-bond donors (Lipinski definition) is 1. The minimum Gasteiger partial charge on any atom is -0.314 e. The van der Waals surface area contributed by atoms with E-state index in [1.807, 2.05) is 35.7 Å². The summed E-state index contributed by atoms with van der Waals surface area (Å²) in [5.41, 5.74) is 0.797. The summed E-state index contributed by atoms with van der Waals surface area (Å²) < 4.78 is 38.1. The van der Waals surface area contributed by atoms with Gasteiger partial charge in [-0.25, -0.2) is 0 Å². The fourth-order valence-corrected chi connectivity index (χ4v) is 2.20. The average Bonchev–Trinajstić information content (AvgIpc) is 2.81. The summed E-state index contributed by atoms with van der Waals surface area (Å²) in [6, 6.07) is 5.75. The Labute approximate surface area is 121 Å². The maximum atomic E-state index is 12.1. The third-order valence-electron chi connectivity index (χ3n) is 3.32. The Hall–Kier alpha value is -1.63. The molecule has 0 fully saturated rings. The average molecular weight is 300 g/mol. The second-order valence-corrected chi connectivity index (χ2v) is 5.16. The van der Waals surface area contributed by atoms with Crippen molar-refractivity contribution in [3.05, 3.63) is 30.2 Å². The molecule has 7 heteroatoms. The van der Waals surface area contributed by atoms with Crippen LogP contribution in [-0.4, -0.2) is 33.4 Å². The van der Waals surface area contributed by atoms with Crippen molar-refractivity contribution in [1.82, 2.24) is 19.9 Å². The lowest BCUT2D eigenvalue weighted by Crippen LogP contribution is -2.28. The van der Waals surface area contributed by atoms with E-state index in [0.29, 0.717) is 19.4 Å². The third-order valence-corrected chi connectivity index (χ3v) is 3.32. The van der Waals surface area contributed by atoms with E-state index in [4.69, 9.17) is 0 Å². The van der Waals surface area contributed by atoms with E-state index < -0.39 is 12.6 Å². The normalized spacial score (nSPS) is 13.7. The summed E-state index contributed by atoms with van der Waals surface area (Å²) in [4.78, 5) is 0. The van der Waals surface area contributed by atoms with Gasteiger partial charge < -0.3 is 5.32 Å². The lowest BCUT2D eigenvalue weighted by Gasteiger charge is -2.14. The van der Waals surface area contributed by atoms with Gasteiger partial charge in [0.15, 0.2) is 5.65 Å². The lowest BCUT2D eigenvalue weighted by molar-refractivity contribution is -0.135. The van der Waals surface area contributed by atoms with Gasteiger partial charge >= 0.3 is 6.18 Å². The van der Waals surface area contributed by atoms with E-state index in [1.165, 1.54) is 0 Å². The molecule has 1 N–H and O–H groups in total. The third kappa shape index (κ3) is 5.00. The second kappa shape index (κ2) is 6.89. The zero-order valence-corrected chi connectivity index (χ0v) is 11.9. The monoisotopic (exact) mass is 300 g/mol. The van der Waals surface area contributed by atoms with Gasteiger partial charge in [-0.05, 0) is 31.9 Å². The van der Waals surface area contributed by atoms with Crippen LogP contribution in [0.15, 0.2) is 24.4 Å². The van der Waals surface area contributed by atoms with E-state index in [2.05, 4.69) is 15.5 Å². The van der Waals surface area contributed by atoms with E-state index in [-0.39, 0.29) is 12.5 Å². The molecule has 116 valence electrons. The molecule has 0 aliphatic rings. The molecule has 0 amide bonds. The topological polar surface area (TPSA) is 42.2 Å². The SMILES string of the molecule is CC(CCCC(F)(F)F)NCCc1nnc2ccccn12. The first-order valence-corrected chi connectivity index (χ1v) is 7.04. The van der Waals surface area contributed by atoms with Crippen molar-refractivity contribution in [2.45, 2.75) is 44.8 Å². The Bertz CT molecular complexity index is 565. The summed E-state index contributed by atoms with van der Waals surface area (Å²) in [5, 5.41) is 11.4. The van der Waals surface area contributed by atoms with Crippen molar-refractivity contribution in [2.24, 2.45) is 0 Å². The molecule has 0 saturated carbocycles. The highest BCUT2D eigenvalue weighted by atomic mass is 19.4. The van der Waals surface area contributed by atoms with Crippen LogP contribution in [0.5, 0.6) is 0 Å². The molecule has 0 radical (unpaired) electrons. The van der Waals surface area contributed by atoms with Gasteiger partial charge in [0.05, 0.1) is 0 Å². The molecule has 0 aromatic carbocycles. The number of nitrogens with zero attached hydrogens (tertiary/aromatic N) is 3. The Morgan fingerprint density at radius 2 is 2.10 bits per heavy atom. The zero-order chi connectivity index (χ0) is 15.3. The Balaban J connectivity index is 1.71. The van der Waals surface area contributed by atoms with Gasteiger partial charge in [-0.2, -0.15) is 13.2 Å². The van der Waals surface area contributed by atoms with Crippen LogP contribution < -0.4 is 5.32 Å². The molecular weight excluding hydrogens is 281 g/mol. The molecule has 2 aromatic heterocycles. The van der Waals surface area contributed by atoms with Gasteiger partial charge in [0.2, 0.25) is 0 Å². The molecule has 2 rings (SSSR count). The predicted octanol–water partition coefficient (Wildman–Crippen LogP) is 2.98. The minimum absolute atomic E-state index is 0.0616. The fourth-order valence-electron chi connectivity index (χ4n) is 2.20. The van der Waals surface area contributed by atoms with Crippen LogP contribution in [0, 0.1) is 0 Å². The van der Waals surface area contributed by atoms with Gasteiger partial charge in [-0.15, -0.1) is 10.2 Å². The number of pyridine rings is 1. The maximum Gasteiger partial charge on any atom is 0.389 e. The number of nitrogens with one attached hydrogen (secondary N) is 1. The molecule has 2 heterocycles. The lowest BCUT2D eigenvalue weighted by atomic mass is 10.1. The number of rotatable bonds is 7. The quantitative estimate of drug-likeness (QED) is 0.855. The van der Waals surface area contributed by atoms with Gasteiger partial charge in [0.1, 0.15) is 5.82 Å². The highest BCUT2D eigenvalue weighted by Crippen LogP contribution is 2.22. The number of aromatic nitrogens is 3. The van der Waals surface area contributed by atoms with Crippen LogP contribution in [0.1, 0.15) is 32.0 Å². The molecule has 1 unspecified atom stereocenters. The van der Waals surface area contributed by atoms with Crippen molar-refractivity contribution in [2.75, 3.05) is 6.54 Å². The number of alkyl halides is 3. The molecule has 1 atom stereocenters. The van der Waals surface area contributed by atoms with Crippen molar-refractivity contribution >= 4 is 5.65 Å². The van der Waals surface area contributed by atoms with Crippen LogP contribution in [0.3, 0.4) is 0 Å². The van der Waals surface area contributed by atoms with Gasteiger partial charge in [-0.3, -0.25) is 4.40 Å². The van der Waals surface area contributed by atoms with Crippen LogP contribution in [0.25, 0.3) is 5.65 Å². The Morgan fingerprint density at radius 1 is 1.29 bits per heavy atom. The zero-order valence-electron chi connectivity index (χ0n) is 11.9. The second-order valence-electron chi connectivity index (χ2n) is 5.16.